The number of ether oxygens (including phenoxy) is 1. The van der Waals surface area contributed by atoms with Gasteiger partial charge in [0, 0.05) is 61.0 Å². The minimum Gasteiger partial charge on any atom is -0.489 e. The van der Waals surface area contributed by atoms with Crippen molar-refractivity contribution in [2.24, 2.45) is 7.05 Å². The van der Waals surface area contributed by atoms with Gasteiger partial charge in [-0.3, -0.25) is 14.3 Å². The lowest BCUT2D eigenvalue weighted by Crippen LogP contribution is -2.35. The molecular formula is C27H25F2N3O2. The molecule has 34 heavy (non-hydrogen) atoms. The molecule has 6 rings (SSSR count). The number of hydrogen-bond acceptors (Lipinski definition) is 3. The molecule has 1 fully saturated rings. The zero-order valence-corrected chi connectivity index (χ0v) is 18.9. The summed E-state index contributed by atoms with van der Waals surface area (Å²) < 4.78 is 36.4. The molecule has 0 N–H and O–H groups in total. The molecule has 0 amide bonds. The van der Waals surface area contributed by atoms with Gasteiger partial charge in [-0.2, -0.15) is 0 Å². The molecule has 174 valence electrons. The minimum absolute atomic E-state index is 0.0888. The third-order valence-corrected chi connectivity index (χ3v) is 7.29. The van der Waals surface area contributed by atoms with Crippen LogP contribution in [0.3, 0.4) is 0 Å². The molecule has 0 radical (unpaired) electrons. The summed E-state index contributed by atoms with van der Waals surface area (Å²) in [7, 11) is 2.11. The van der Waals surface area contributed by atoms with Crippen LogP contribution in [-0.4, -0.2) is 26.6 Å². The van der Waals surface area contributed by atoms with Crippen molar-refractivity contribution < 1.29 is 13.5 Å². The van der Waals surface area contributed by atoms with Gasteiger partial charge in [-0.15, -0.1) is 0 Å². The van der Waals surface area contributed by atoms with E-state index >= 15 is 0 Å². The Morgan fingerprint density at radius 3 is 2.79 bits per heavy atom. The summed E-state index contributed by atoms with van der Waals surface area (Å²) in [6.45, 7) is 2.09. The maximum absolute atomic E-state index is 13.8. The van der Waals surface area contributed by atoms with Gasteiger partial charge in [-0.05, 0) is 55.3 Å². The fraction of sp³-hybridized carbons (Fsp3) is 0.296. The Morgan fingerprint density at radius 1 is 1.09 bits per heavy atom. The van der Waals surface area contributed by atoms with Crippen LogP contribution >= 0.6 is 0 Å². The smallest absolute Gasteiger partial charge is 0.258 e. The zero-order valence-electron chi connectivity index (χ0n) is 18.9. The van der Waals surface area contributed by atoms with Crippen LogP contribution < -0.4 is 10.3 Å². The molecule has 1 atom stereocenters. The van der Waals surface area contributed by atoms with Gasteiger partial charge in [-0.1, -0.05) is 6.07 Å². The number of rotatable bonds is 4. The Balaban J connectivity index is 1.28. The quantitative estimate of drug-likeness (QED) is 0.442. The maximum atomic E-state index is 13.8. The molecule has 2 aliphatic rings. The van der Waals surface area contributed by atoms with Crippen LogP contribution in [-0.2, 0) is 26.6 Å². The Kier molecular flexibility index (Phi) is 5.03. The summed E-state index contributed by atoms with van der Waals surface area (Å²) in [5.41, 5.74) is 4.71. The van der Waals surface area contributed by atoms with E-state index in [1.165, 1.54) is 54.2 Å². The second kappa shape index (κ2) is 8.09. The fourth-order valence-electron chi connectivity index (χ4n) is 5.47. The normalized spacial score (nSPS) is 17.7. The predicted molar refractivity (Wildman–Crippen MR) is 126 cm³/mol. The summed E-state index contributed by atoms with van der Waals surface area (Å²) >= 11 is 0. The van der Waals surface area contributed by atoms with Crippen LogP contribution in [0.15, 0.2) is 59.5 Å². The number of benzene rings is 2. The minimum atomic E-state index is -0.674. The molecule has 1 unspecified atom stereocenters. The predicted octanol–water partition coefficient (Wildman–Crippen LogP) is 4.71. The van der Waals surface area contributed by atoms with Gasteiger partial charge in [0.25, 0.3) is 5.56 Å². The largest absolute Gasteiger partial charge is 0.489 e. The molecule has 0 saturated carbocycles. The number of hydrogen-bond donors (Lipinski definition) is 0. The van der Waals surface area contributed by atoms with E-state index in [4.69, 9.17) is 4.74 Å². The van der Waals surface area contributed by atoms with Crippen LogP contribution in [0.25, 0.3) is 16.6 Å². The molecule has 7 heteroatoms. The van der Waals surface area contributed by atoms with Crippen molar-refractivity contribution in [3.05, 3.63) is 93.5 Å². The van der Waals surface area contributed by atoms with Gasteiger partial charge >= 0.3 is 0 Å². The average molecular weight is 462 g/mol. The number of nitrogens with zero attached hydrogens (tertiary/aromatic N) is 3. The molecule has 0 aliphatic carbocycles. The van der Waals surface area contributed by atoms with Crippen molar-refractivity contribution in [1.29, 1.82) is 0 Å². The lowest BCUT2D eigenvalue weighted by molar-refractivity contribution is 0.225. The molecule has 0 bridgehead atoms. The summed E-state index contributed by atoms with van der Waals surface area (Å²) in [6, 6.07) is 13.2. The summed E-state index contributed by atoms with van der Waals surface area (Å²) in [5.74, 6) is -0.978. The first kappa shape index (κ1) is 21.1. The highest BCUT2D eigenvalue weighted by Gasteiger charge is 2.33. The maximum Gasteiger partial charge on any atom is 0.258 e. The van der Waals surface area contributed by atoms with E-state index in [1.54, 1.807) is 16.8 Å². The van der Waals surface area contributed by atoms with Gasteiger partial charge in [-0.25, -0.2) is 8.78 Å². The summed E-state index contributed by atoms with van der Waals surface area (Å²) in [6.07, 6.45) is 5.29. The molecule has 5 nitrogen and oxygen atoms in total. The molecule has 2 aromatic heterocycles. The van der Waals surface area contributed by atoms with E-state index in [0.717, 1.165) is 30.2 Å². The molecular weight excluding hydrogens is 436 g/mol. The van der Waals surface area contributed by atoms with E-state index in [9.17, 15) is 13.6 Å². The number of aryl methyl sites for hydroxylation is 1. The molecule has 1 saturated heterocycles. The van der Waals surface area contributed by atoms with Gasteiger partial charge in [0.2, 0.25) is 0 Å². The van der Waals surface area contributed by atoms with Crippen molar-refractivity contribution in [3.63, 3.8) is 0 Å². The van der Waals surface area contributed by atoms with Gasteiger partial charge in [0.15, 0.2) is 0 Å². The standard InChI is InChI=1S/C27H25F2N3O2/c1-30-25-13-20(6-7-22(25)23-15-31-9-2-3-19(31)12-26(23)30)32-10-8-21(14-27(32)33)34-16-17-4-5-18(28)11-24(17)29/h4-8,10-11,13-14,19H,2-3,9,12,15-16H2,1H3. The highest BCUT2D eigenvalue weighted by Crippen LogP contribution is 2.36. The number of pyridine rings is 1. The Morgan fingerprint density at radius 2 is 1.97 bits per heavy atom. The van der Waals surface area contributed by atoms with Crippen molar-refractivity contribution in [1.82, 2.24) is 14.0 Å². The van der Waals surface area contributed by atoms with E-state index in [-0.39, 0.29) is 17.7 Å². The first-order valence-electron chi connectivity index (χ1n) is 11.6. The van der Waals surface area contributed by atoms with Crippen molar-refractivity contribution >= 4 is 10.9 Å². The lowest BCUT2D eigenvalue weighted by atomic mass is 9.99. The fourth-order valence-corrected chi connectivity index (χ4v) is 5.47. The van der Waals surface area contributed by atoms with Crippen LogP contribution in [0.2, 0.25) is 0 Å². The van der Waals surface area contributed by atoms with E-state index < -0.39 is 11.6 Å². The van der Waals surface area contributed by atoms with E-state index in [1.807, 2.05) is 6.07 Å². The second-order valence-corrected chi connectivity index (χ2v) is 9.25. The lowest BCUT2D eigenvalue weighted by Gasteiger charge is -2.30. The Labute approximate surface area is 195 Å². The molecule has 2 aliphatic heterocycles. The third kappa shape index (κ3) is 3.51. The number of fused-ring (bicyclic) bond motifs is 4. The SMILES string of the molecule is Cn1c2c(c3ccc(-n4ccc(OCc5ccc(F)cc5F)cc4=O)cc31)CN1CCCC1C2. The first-order chi connectivity index (χ1) is 16.5. The van der Waals surface area contributed by atoms with Gasteiger partial charge in [0.1, 0.15) is 24.0 Å². The second-order valence-electron chi connectivity index (χ2n) is 9.25. The Hall–Kier alpha value is -3.45. The van der Waals surface area contributed by atoms with Crippen LogP contribution in [0.4, 0.5) is 8.78 Å². The van der Waals surface area contributed by atoms with Crippen LogP contribution in [0.1, 0.15) is 29.7 Å². The monoisotopic (exact) mass is 461 g/mol. The summed E-state index contributed by atoms with van der Waals surface area (Å²) in [4.78, 5) is 15.5. The topological polar surface area (TPSA) is 39.4 Å². The highest BCUT2D eigenvalue weighted by atomic mass is 19.1. The molecule has 4 aromatic rings. The van der Waals surface area contributed by atoms with Crippen LogP contribution in [0.5, 0.6) is 5.75 Å². The van der Waals surface area contributed by atoms with Crippen molar-refractivity contribution in [3.8, 4) is 11.4 Å². The van der Waals surface area contributed by atoms with Gasteiger partial charge < -0.3 is 9.30 Å². The van der Waals surface area contributed by atoms with Gasteiger partial charge in [0.05, 0.1) is 11.2 Å². The van der Waals surface area contributed by atoms with Crippen LogP contribution in [0, 0.1) is 11.6 Å². The zero-order chi connectivity index (χ0) is 23.4. The van der Waals surface area contributed by atoms with E-state index in [2.05, 4.69) is 28.6 Å². The third-order valence-electron chi connectivity index (χ3n) is 7.29. The highest BCUT2D eigenvalue weighted by molar-refractivity contribution is 5.87. The molecule has 0 spiro atoms. The number of aromatic nitrogens is 2. The molecule has 2 aromatic carbocycles. The molecule has 4 heterocycles. The van der Waals surface area contributed by atoms with E-state index in [0.29, 0.717) is 11.8 Å². The average Bonchev–Trinajstić information content (AvgIpc) is 3.39. The summed E-state index contributed by atoms with van der Waals surface area (Å²) in [5, 5.41) is 1.25. The first-order valence-corrected chi connectivity index (χ1v) is 11.6. The number of halogens is 2. The van der Waals surface area contributed by atoms with Crippen molar-refractivity contribution in [2.75, 3.05) is 6.54 Å². The van der Waals surface area contributed by atoms with Crippen molar-refractivity contribution in [2.45, 2.75) is 38.5 Å². The Bertz CT molecular complexity index is 1470.